The van der Waals surface area contributed by atoms with Gasteiger partial charge in [-0.2, -0.15) is 0 Å². The van der Waals surface area contributed by atoms with Gasteiger partial charge in [-0.1, -0.05) is 12.1 Å². The summed E-state index contributed by atoms with van der Waals surface area (Å²) in [5, 5.41) is 0.542. The zero-order chi connectivity index (χ0) is 20.5. The van der Waals surface area contributed by atoms with Gasteiger partial charge in [0.1, 0.15) is 17.1 Å². The standard InChI is InChI=1S/C23H18N2O4/c1-13-21(26)19-4-2-3-5-20(19)29-22(13)14-6-8-18(9-7-14)28-23(27)15-10-16(24)12-17(25)11-15/h2-12H,24-25H2,1H3. The molecule has 0 aliphatic heterocycles. The highest BCUT2D eigenvalue weighted by atomic mass is 16.5. The van der Waals surface area contributed by atoms with E-state index in [9.17, 15) is 9.59 Å². The fraction of sp³-hybridized carbons (Fsp3) is 0.0435. The summed E-state index contributed by atoms with van der Waals surface area (Å²) < 4.78 is 11.3. The minimum absolute atomic E-state index is 0.0726. The van der Waals surface area contributed by atoms with Crippen molar-refractivity contribution in [1.29, 1.82) is 0 Å². The van der Waals surface area contributed by atoms with Crippen molar-refractivity contribution < 1.29 is 13.9 Å². The van der Waals surface area contributed by atoms with Gasteiger partial charge in [-0.25, -0.2) is 4.79 Å². The van der Waals surface area contributed by atoms with Crippen molar-refractivity contribution in [2.45, 2.75) is 6.92 Å². The van der Waals surface area contributed by atoms with Gasteiger partial charge in [-0.3, -0.25) is 4.79 Å². The molecule has 3 aromatic carbocycles. The van der Waals surface area contributed by atoms with Crippen molar-refractivity contribution >= 4 is 28.3 Å². The van der Waals surface area contributed by atoms with Crippen LogP contribution in [0.5, 0.6) is 5.75 Å². The highest BCUT2D eigenvalue weighted by Gasteiger charge is 2.14. The van der Waals surface area contributed by atoms with E-state index in [4.69, 9.17) is 20.6 Å². The summed E-state index contributed by atoms with van der Waals surface area (Å²) in [6.07, 6.45) is 0. The molecule has 0 saturated carbocycles. The van der Waals surface area contributed by atoms with Crippen molar-refractivity contribution in [3.05, 3.63) is 88.1 Å². The first-order valence-electron chi connectivity index (χ1n) is 8.93. The SMILES string of the molecule is Cc1c(-c2ccc(OC(=O)c3cc(N)cc(N)c3)cc2)oc2ccccc2c1=O. The molecule has 0 bridgehead atoms. The van der Waals surface area contributed by atoms with Crippen LogP contribution in [0.1, 0.15) is 15.9 Å². The number of benzene rings is 3. The Morgan fingerprint density at radius 2 is 1.59 bits per heavy atom. The van der Waals surface area contributed by atoms with Gasteiger partial charge < -0.3 is 20.6 Å². The Labute approximate surface area is 166 Å². The van der Waals surface area contributed by atoms with Crippen LogP contribution in [0.3, 0.4) is 0 Å². The van der Waals surface area contributed by atoms with Gasteiger partial charge in [0, 0.05) is 22.5 Å². The molecule has 4 rings (SSSR count). The van der Waals surface area contributed by atoms with Crippen LogP contribution in [-0.4, -0.2) is 5.97 Å². The van der Waals surface area contributed by atoms with Crippen molar-refractivity contribution in [2.24, 2.45) is 0 Å². The fourth-order valence-electron chi connectivity index (χ4n) is 3.15. The van der Waals surface area contributed by atoms with E-state index in [1.54, 1.807) is 55.5 Å². The third-order valence-electron chi connectivity index (χ3n) is 4.57. The first-order chi connectivity index (χ1) is 13.9. The molecule has 1 aromatic heterocycles. The summed E-state index contributed by atoms with van der Waals surface area (Å²) in [5.41, 5.74) is 14.1. The molecule has 1 heterocycles. The lowest BCUT2D eigenvalue weighted by atomic mass is 10.1. The van der Waals surface area contributed by atoms with Gasteiger partial charge >= 0.3 is 5.97 Å². The first kappa shape index (κ1) is 18.3. The zero-order valence-electron chi connectivity index (χ0n) is 15.6. The first-order valence-corrected chi connectivity index (χ1v) is 8.93. The molecule has 0 unspecified atom stereocenters. The van der Waals surface area contributed by atoms with Gasteiger partial charge in [0.25, 0.3) is 0 Å². The van der Waals surface area contributed by atoms with E-state index < -0.39 is 5.97 Å². The lowest BCUT2D eigenvalue weighted by molar-refractivity contribution is 0.0735. The number of anilines is 2. The van der Waals surface area contributed by atoms with Gasteiger partial charge in [0.2, 0.25) is 0 Å². The smallest absolute Gasteiger partial charge is 0.343 e. The topological polar surface area (TPSA) is 109 Å². The zero-order valence-corrected chi connectivity index (χ0v) is 15.6. The molecule has 4 aromatic rings. The lowest BCUT2D eigenvalue weighted by Gasteiger charge is -2.09. The molecule has 0 aliphatic rings. The molecule has 0 spiro atoms. The molecular weight excluding hydrogens is 368 g/mol. The maximum absolute atomic E-state index is 12.6. The van der Waals surface area contributed by atoms with Crippen LogP contribution < -0.4 is 21.6 Å². The molecule has 6 heteroatoms. The second-order valence-corrected chi connectivity index (χ2v) is 6.68. The third-order valence-corrected chi connectivity index (χ3v) is 4.57. The van der Waals surface area contributed by atoms with Crippen LogP contribution in [0.15, 0.2) is 75.9 Å². The summed E-state index contributed by atoms with van der Waals surface area (Å²) in [6.45, 7) is 1.73. The molecule has 0 radical (unpaired) electrons. The normalized spacial score (nSPS) is 10.8. The second kappa shape index (κ2) is 7.16. The minimum atomic E-state index is -0.565. The quantitative estimate of drug-likeness (QED) is 0.311. The highest BCUT2D eigenvalue weighted by molar-refractivity contribution is 5.93. The second-order valence-electron chi connectivity index (χ2n) is 6.68. The number of hydrogen-bond donors (Lipinski definition) is 2. The number of nitrogen functional groups attached to an aromatic ring is 2. The van der Waals surface area contributed by atoms with E-state index in [0.717, 1.165) is 0 Å². The molecule has 4 N–H and O–H groups in total. The van der Waals surface area contributed by atoms with Crippen molar-refractivity contribution in [2.75, 3.05) is 11.5 Å². The van der Waals surface area contributed by atoms with E-state index in [2.05, 4.69) is 0 Å². The molecule has 0 atom stereocenters. The number of carbonyl (C=O) groups is 1. The maximum Gasteiger partial charge on any atom is 0.343 e. The number of nitrogens with two attached hydrogens (primary N) is 2. The van der Waals surface area contributed by atoms with Crippen LogP contribution >= 0.6 is 0 Å². The van der Waals surface area contributed by atoms with Crippen LogP contribution in [0.2, 0.25) is 0 Å². The van der Waals surface area contributed by atoms with E-state index in [0.29, 0.717) is 45.0 Å². The van der Waals surface area contributed by atoms with Gasteiger partial charge in [-0.15, -0.1) is 0 Å². The summed E-state index contributed by atoms with van der Waals surface area (Å²) in [6, 6.07) is 18.4. The molecule has 144 valence electrons. The Balaban J connectivity index is 1.63. The monoisotopic (exact) mass is 386 g/mol. The van der Waals surface area contributed by atoms with Crippen molar-refractivity contribution in [1.82, 2.24) is 0 Å². The summed E-state index contributed by atoms with van der Waals surface area (Å²) in [7, 11) is 0. The number of hydrogen-bond acceptors (Lipinski definition) is 6. The summed E-state index contributed by atoms with van der Waals surface area (Å²) >= 11 is 0. The molecule has 0 saturated heterocycles. The molecule has 29 heavy (non-hydrogen) atoms. The van der Waals surface area contributed by atoms with Crippen LogP contribution in [0, 0.1) is 6.92 Å². The molecular formula is C23H18N2O4. The molecule has 0 fully saturated rings. The largest absolute Gasteiger partial charge is 0.456 e. The van der Waals surface area contributed by atoms with Gasteiger partial charge in [-0.05, 0) is 61.5 Å². The fourth-order valence-corrected chi connectivity index (χ4v) is 3.15. The number of para-hydroxylation sites is 1. The van der Waals surface area contributed by atoms with E-state index in [1.165, 1.54) is 12.1 Å². The molecule has 0 amide bonds. The summed E-state index contributed by atoms with van der Waals surface area (Å²) in [5.74, 6) is 0.265. The number of fused-ring (bicyclic) bond motifs is 1. The minimum Gasteiger partial charge on any atom is -0.456 e. The Morgan fingerprint density at radius 1 is 0.931 bits per heavy atom. The number of esters is 1. The predicted octanol–water partition coefficient (Wildman–Crippen LogP) is 4.15. The maximum atomic E-state index is 12.6. The average molecular weight is 386 g/mol. The van der Waals surface area contributed by atoms with Crippen LogP contribution in [0.4, 0.5) is 11.4 Å². The Morgan fingerprint density at radius 3 is 2.28 bits per heavy atom. The summed E-state index contributed by atoms with van der Waals surface area (Å²) in [4.78, 5) is 24.9. The van der Waals surface area contributed by atoms with Crippen molar-refractivity contribution in [3.8, 4) is 17.1 Å². The highest BCUT2D eigenvalue weighted by Crippen LogP contribution is 2.27. The average Bonchev–Trinajstić information content (AvgIpc) is 2.70. The van der Waals surface area contributed by atoms with E-state index in [-0.39, 0.29) is 11.0 Å². The lowest BCUT2D eigenvalue weighted by Crippen LogP contribution is -2.10. The van der Waals surface area contributed by atoms with Crippen molar-refractivity contribution in [3.63, 3.8) is 0 Å². The predicted molar refractivity (Wildman–Crippen MR) is 113 cm³/mol. The number of carbonyl (C=O) groups excluding carboxylic acids is 1. The Hall–Kier alpha value is -4.06. The van der Waals surface area contributed by atoms with Gasteiger partial charge in [0.05, 0.1) is 10.9 Å². The molecule has 0 aliphatic carbocycles. The Kier molecular flexibility index (Phi) is 4.52. The number of rotatable bonds is 3. The van der Waals surface area contributed by atoms with Crippen LogP contribution in [-0.2, 0) is 0 Å². The number of ether oxygens (including phenoxy) is 1. The Bertz CT molecular complexity index is 1270. The van der Waals surface area contributed by atoms with Gasteiger partial charge in [0.15, 0.2) is 5.43 Å². The van der Waals surface area contributed by atoms with E-state index in [1.807, 2.05) is 6.07 Å². The van der Waals surface area contributed by atoms with E-state index >= 15 is 0 Å². The van der Waals surface area contributed by atoms with Crippen LogP contribution in [0.25, 0.3) is 22.3 Å². The third kappa shape index (κ3) is 3.55. The molecule has 6 nitrogen and oxygen atoms in total.